The van der Waals surface area contributed by atoms with Gasteiger partial charge in [0.2, 0.25) is 0 Å². The Morgan fingerprint density at radius 1 is 0.277 bits per heavy atom. The SMILES string of the molecule is CC1CC(C2(c3ccc(-n4c5ccccc5c5ccccc54)cc3)CCCCC2(c2ccc(-n3c4ccccc4c4ccccc43)cc2)c2ccc(-n3c4ccccc4c4ccccc43)cc2)=CC=C1n1c2ccccc2c2ccccc21. The average Bonchev–Trinajstić information content (AvgIpc) is 2.01. The van der Waals surface area contributed by atoms with E-state index in [1.165, 1.54) is 132 Å². The van der Waals surface area contributed by atoms with Crippen LogP contribution in [-0.2, 0) is 10.8 Å². The normalized spacial score (nSPS) is 17.4. The topological polar surface area (TPSA) is 19.7 Å². The molecular formula is C79H60N4. The summed E-state index contributed by atoms with van der Waals surface area (Å²) in [6.45, 7) is 2.48. The van der Waals surface area contributed by atoms with Crippen LogP contribution < -0.4 is 0 Å². The van der Waals surface area contributed by atoms with Crippen LogP contribution in [0.1, 0.15) is 55.7 Å². The Morgan fingerprint density at radius 3 is 0.819 bits per heavy atom. The Morgan fingerprint density at radius 2 is 0.530 bits per heavy atom. The molecule has 83 heavy (non-hydrogen) atoms. The van der Waals surface area contributed by atoms with Crippen molar-refractivity contribution in [3.63, 3.8) is 0 Å². The summed E-state index contributed by atoms with van der Waals surface area (Å²) in [6, 6.07) is 101. The zero-order valence-corrected chi connectivity index (χ0v) is 46.5. The molecule has 2 aliphatic rings. The lowest BCUT2D eigenvalue weighted by Gasteiger charge is -2.57. The zero-order chi connectivity index (χ0) is 54.8. The minimum Gasteiger partial charge on any atom is -0.313 e. The molecule has 15 aromatic rings. The first kappa shape index (κ1) is 47.9. The van der Waals surface area contributed by atoms with Crippen molar-refractivity contribution in [2.24, 2.45) is 5.92 Å². The van der Waals surface area contributed by atoms with Gasteiger partial charge in [-0.05, 0) is 127 Å². The zero-order valence-electron chi connectivity index (χ0n) is 46.5. The molecule has 0 spiro atoms. The summed E-state index contributed by atoms with van der Waals surface area (Å²) in [6.07, 6.45) is 10.2. The standard InChI is InChI=1S/C79H60N4/c1-53-52-57(42-49-69(53)83-76-34-16-8-26-67(76)68-27-9-17-35-77(68)83)79(56-40-47-60(48-41-56)82-74-32-14-6-24-65(74)66-25-7-15-33-75(66)82)51-19-18-50-78(79,54-36-43-58(44-37-54)80-70-28-10-2-20-61(70)62-21-3-11-29-71(62)80)55-38-45-59(46-39-55)81-72-30-12-4-22-63(72)64-23-5-13-31-73(64)81/h2-17,20-49,53H,18-19,50-52H2,1H3. The first-order valence-electron chi connectivity index (χ1n) is 29.8. The second-order valence-corrected chi connectivity index (χ2v) is 23.5. The van der Waals surface area contributed by atoms with E-state index in [4.69, 9.17) is 0 Å². The van der Waals surface area contributed by atoms with Gasteiger partial charge in [0, 0.05) is 82.6 Å². The van der Waals surface area contributed by atoms with E-state index in [1.54, 1.807) is 0 Å². The summed E-state index contributed by atoms with van der Waals surface area (Å²) in [5.74, 6) is 0.220. The van der Waals surface area contributed by atoms with Crippen LogP contribution in [0.4, 0.5) is 0 Å². The highest BCUT2D eigenvalue weighted by molar-refractivity contribution is 6.12. The number of aromatic nitrogens is 4. The Balaban J connectivity index is 0.924. The number of rotatable bonds is 8. The van der Waals surface area contributed by atoms with Gasteiger partial charge >= 0.3 is 0 Å². The molecule has 1 saturated carbocycles. The van der Waals surface area contributed by atoms with Crippen molar-refractivity contribution >= 4 is 92.9 Å². The van der Waals surface area contributed by atoms with Gasteiger partial charge in [0.05, 0.1) is 44.1 Å². The number of hydrogen-bond acceptors (Lipinski definition) is 0. The maximum absolute atomic E-state index is 2.58. The molecule has 2 aliphatic carbocycles. The molecule has 4 heterocycles. The summed E-state index contributed by atoms with van der Waals surface area (Å²) < 4.78 is 9.97. The summed E-state index contributed by atoms with van der Waals surface area (Å²) >= 11 is 0. The highest BCUT2D eigenvalue weighted by atomic mass is 15.0. The number of nitrogens with zero attached hydrogens (tertiary/aromatic N) is 4. The van der Waals surface area contributed by atoms with Gasteiger partial charge in [0.15, 0.2) is 0 Å². The van der Waals surface area contributed by atoms with Crippen molar-refractivity contribution in [1.29, 1.82) is 0 Å². The number of allylic oxidation sites excluding steroid dienone is 4. The van der Waals surface area contributed by atoms with Crippen molar-refractivity contribution in [3.05, 3.63) is 301 Å². The van der Waals surface area contributed by atoms with E-state index in [9.17, 15) is 0 Å². The highest BCUT2D eigenvalue weighted by Crippen LogP contribution is 2.63. The molecule has 4 nitrogen and oxygen atoms in total. The maximum atomic E-state index is 2.58. The van der Waals surface area contributed by atoms with Crippen LogP contribution in [0.2, 0.25) is 0 Å². The smallest absolute Gasteiger partial charge is 0.0541 e. The summed E-state index contributed by atoms with van der Waals surface area (Å²) in [7, 11) is 0. The van der Waals surface area contributed by atoms with E-state index in [2.05, 4.69) is 304 Å². The highest BCUT2D eigenvalue weighted by Gasteiger charge is 2.57. The number of para-hydroxylation sites is 8. The molecule has 0 amide bonds. The van der Waals surface area contributed by atoms with Crippen LogP contribution in [0.5, 0.6) is 0 Å². The van der Waals surface area contributed by atoms with E-state index in [0.29, 0.717) is 0 Å². The van der Waals surface area contributed by atoms with Gasteiger partial charge in [-0.15, -0.1) is 0 Å². The average molecular weight is 1070 g/mol. The number of hydrogen-bond donors (Lipinski definition) is 0. The minimum atomic E-state index is -0.484. The van der Waals surface area contributed by atoms with E-state index < -0.39 is 10.8 Å². The molecule has 0 bridgehead atoms. The van der Waals surface area contributed by atoms with Crippen molar-refractivity contribution < 1.29 is 0 Å². The quantitative estimate of drug-likeness (QED) is 0.145. The van der Waals surface area contributed by atoms with Crippen molar-refractivity contribution in [2.45, 2.75) is 49.9 Å². The van der Waals surface area contributed by atoms with E-state index >= 15 is 0 Å². The lowest BCUT2D eigenvalue weighted by molar-refractivity contribution is 0.202. The fourth-order valence-corrected chi connectivity index (χ4v) is 16.1. The molecule has 0 N–H and O–H groups in total. The molecule has 2 unspecified atom stereocenters. The molecule has 17 rings (SSSR count). The molecule has 4 heteroatoms. The van der Waals surface area contributed by atoms with Crippen LogP contribution in [0.25, 0.3) is 110 Å². The molecular weight excluding hydrogens is 1000 g/mol. The molecule has 2 atom stereocenters. The second-order valence-electron chi connectivity index (χ2n) is 23.5. The first-order chi connectivity index (χ1) is 41.1. The van der Waals surface area contributed by atoms with Crippen molar-refractivity contribution in [2.75, 3.05) is 0 Å². The minimum absolute atomic E-state index is 0.220. The molecule has 0 radical (unpaired) electrons. The monoisotopic (exact) mass is 1060 g/mol. The lowest BCUT2D eigenvalue weighted by atomic mass is 9.45. The summed E-state index contributed by atoms with van der Waals surface area (Å²) in [4.78, 5) is 0. The van der Waals surface area contributed by atoms with Gasteiger partial charge in [-0.25, -0.2) is 0 Å². The van der Waals surface area contributed by atoms with Gasteiger partial charge in [-0.2, -0.15) is 0 Å². The Labute approximate surface area is 482 Å². The molecule has 11 aromatic carbocycles. The molecule has 396 valence electrons. The van der Waals surface area contributed by atoms with Crippen LogP contribution in [0.3, 0.4) is 0 Å². The summed E-state index contributed by atoms with van der Waals surface area (Å²) in [5.41, 5.74) is 19.3. The van der Waals surface area contributed by atoms with E-state index in [0.717, 1.165) is 32.1 Å². The molecule has 1 fully saturated rings. The third-order valence-electron chi connectivity index (χ3n) is 19.5. The van der Waals surface area contributed by atoms with Crippen LogP contribution >= 0.6 is 0 Å². The van der Waals surface area contributed by atoms with Crippen LogP contribution in [0, 0.1) is 5.92 Å². The Kier molecular flexibility index (Phi) is 10.7. The van der Waals surface area contributed by atoms with Gasteiger partial charge in [-0.3, -0.25) is 0 Å². The van der Waals surface area contributed by atoms with E-state index in [1.807, 2.05) is 0 Å². The summed E-state index contributed by atoms with van der Waals surface area (Å²) in [5, 5.41) is 10.2. The van der Waals surface area contributed by atoms with Gasteiger partial charge < -0.3 is 18.3 Å². The third-order valence-corrected chi connectivity index (χ3v) is 19.5. The first-order valence-corrected chi connectivity index (χ1v) is 29.8. The Bertz CT molecular complexity index is 4760. The van der Waals surface area contributed by atoms with E-state index in [-0.39, 0.29) is 5.92 Å². The van der Waals surface area contributed by atoms with Gasteiger partial charge in [-0.1, -0.05) is 213 Å². The predicted molar refractivity (Wildman–Crippen MR) is 349 cm³/mol. The predicted octanol–water partition coefficient (Wildman–Crippen LogP) is 20.4. The third kappa shape index (κ3) is 6.87. The fourth-order valence-electron chi connectivity index (χ4n) is 16.1. The fraction of sp³-hybridized carbons (Fsp3) is 0.114. The molecule has 0 saturated heterocycles. The van der Waals surface area contributed by atoms with Crippen molar-refractivity contribution in [3.8, 4) is 17.1 Å². The number of fused-ring (bicyclic) bond motifs is 12. The second kappa shape index (κ2) is 18.6. The Hall–Kier alpha value is -9.90. The van der Waals surface area contributed by atoms with Crippen molar-refractivity contribution in [1.82, 2.24) is 18.3 Å². The molecule has 0 aliphatic heterocycles. The maximum Gasteiger partial charge on any atom is 0.0541 e. The molecule has 4 aromatic heterocycles. The van der Waals surface area contributed by atoms with Crippen LogP contribution in [-0.4, -0.2) is 18.3 Å². The largest absolute Gasteiger partial charge is 0.313 e. The number of benzene rings is 11. The van der Waals surface area contributed by atoms with Gasteiger partial charge in [0.1, 0.15) is 0 Å². The van der Waals surface area contributed by atoms with Crippen LogP contribution in [0.15, 0.2) is 285 Å². The van der Waals surface area contributed by atoms with Gasteiger partial charge in [0.25, 0.3) is 0 Å². The lowest BCUT2D eigenvalue weighted by Crippen LogP contribution is -2.54.